The van der Waals surface area contributed by atoms with E-state index >= 15 is 0 Å². The van der Waals surface area contributed by atoms with Gasteiger partial charge in [-0.25, -0.2) is 9.67 Å². The number of aryl methyl sites for hydroxylation is 2. The van der Waals surface area contributed by atoms with Crippen molar-refractivity contribution in [3.63, 3.8) is 0 Å². The van der Waals surface area contributed by atoms with E-state index in [1.54, 1.807) is 4.68 Å². The lowest BCUT2D eigenvalue weighted by Gasteiger charge is -2.05. The van der Waals surface area contributed by atoms with Crippen LogP contribution >= 0.6 is 11.3 Å². The van der Waals surface area contributed by atoms with Crippen molar-refractivity contribution in [1.82, 2.24) is 19.7 Å². The second-order valence-electron chi connectivity index (χ2n) is 3.88. The van der Waals surface area contributed by atoms with Crippen LogP contribution in [-0.4, -0.2) is 19.7 Å². The molecule has 3 aromatic rings. The summed E-state index contributed by atoms with van der Waals surface area (Å²) in [5, 5.41) is 7.00. The average Bonchev–Trinajstić information content (AvgIpc) is 2.86. The number of hydrogen-bond acceptors (Lipinski definition) is 6. The van der Waals surface area contributed by atoms with Gasteiger partial charge in [-0.1, -0.05) is 0 Å². The molecular weight excluding hydrogens is 250 g/mol. The van der Waals surface area contributed by atoms with E-state index in [4.69, 9.17) is 10.5 Å². The first-order valence-corrected chi connectivity index (χ1v) is 6.20. The summed E-state index contributed by atoms with van der Waals surface area (Å²) < 4.78 is 7.42. The Balaban J connectivity index is 2.09. The highest BCUT2D eigenvalue weighted by Crippen LogP contribution is 2.30. The van der Waals surface area contributed by atoms with E-state index in [1.165, 1.54) is 11.3 Å². The van der Waals surface area contributed by atoms with E-state index in [0.717, 1.165) is 15.9 Å². The van der Waals surface area contributed by atoms with Crippen molar-refractivity contribution < 1.29 is 4.74 Å². The Bertz CT molecular complexity index is 717. The standard InChI is InChI=1S/C11H11N5OS/c1-6-5-8(16(2)15-6)17-9-7-3-4-18-10(7)14-11(12)13-9/h3-5H,1-2H3,(H2,12,13,14). The Morgan fingerprint density at radius 3 is 2.94 bits per heavy atom. The summed E-state index contributed by atoms with van der Waals surface area (Å²) in [6.45, 7) is 1.90. The molecule has 0 atom stereocenters. The quantitative estimate of drug-likeness (QED) is 0.764. The lowest BCUT2D eigenvalue weighted by Crippen LogP contribution is -2.00. The zero-order valence-electron chi connectivity index (χ0n) is 9.91. The highest BCUT2D eigenvalue weighted by molar-refractivity contribution is 7.16. The van der Waals surface area contributed by atoms with Gasteiger partial charge in [0.25, 0.3) is 0 Å². The molecule has 92 valence electrons. The van der Waals surface area contributed by atoms with Gasteiger partial charge in [-0.2, -0.15) is 10.1 Å². The number of anilines is 1. The van der Waals surface area contributed by atoms with Gasteiger partial charge in [0.2, 0.25) is 17.7 Å². The first-order valence-electron chi connectivity index (χ1n) is 5.32. The number of thiophene rings is 1. The Morgan fingerprint density at radius 1 is 1.39 bits per heavy atom. The number of fused-ring (bicyclic) bond motifs is 1. The molecule has 0 saturated heterocycles. The second-order valence-corrected chi connectivity index (χ2v) is 4.77. The summed E-state index contributed by atoms with van der Waals surface area (Å²) in [5.74, 6) is 1.29. The normalized spacial score (nSPS) is 11.0. The maximum atomic E-state index is 5.76. The molecule has 0 bridgehead atoms. The number of hydrogen-bond donors (Lipinski definition) is 1. The third kappa shape index (κ3) is 1.78. The average molecular weight is 261 g/mol. The van der Waals surface area contributed by atoms with Crippen LogP contribution in [0.4, 0.5) is 5.95 Å². The van der Waals surface area contributed by atoms with Crippen LogP contribution in [-0.2, 0) is 7.05 Å². The van der Waals surface area contributed by atoms with Crippen molar-refractivity contribution in [2.75, 3.05) is 5.73 Å². The molecule has 3 aromatic heterocycles. The lowest BCUT2D eigenvalue weighted by molar-refractivity contribution is 0.420. The molecular formula is C11H11N5OS. The summed E-state index contributed by atoms with van der Waals surface area (Å²) in [4.78, 5) is 9.09. The molecule has 0 aliphatic carbocycles. The molecule has 0 unspecified atom stereocenters. The van der Waals surface area contributed by atoms with Gasteiger partial charge in [0, 0.05) is 13.1 Å². The molecule has 7 heteroatoms. The fraction of sp³-hybridized carbons (Fsp3) is 0.182. The molecule has 0 saturated carbocycles. The fourth-order valence-corrected chi connectivity index (χ4v) is 2.46. The highest BCUT2D eigenvalue weighted by Gasteiger charge is 2.12. The molecule has 6 nitrogen and oxygen atoms in total. The summed E-state index contributed by atoms with van der Waals surface area (Å²) in [6.07, 6.45) is 0. The number of nitrogen functional groups attached to an aromatic ring is 1. The van der Waals surface area contributed by atoms with Crippen molar-refractivity contribution in [3.05, 3.63) is 23.2 Å². The molecule has 3 rings (SSSR count). The molecule has 0 fully saturated rings. The van der Waals surface area contributed by atoms with Gasteiger partial charge in [-0.3, -0.25) is 0 Å². The predicted octanol–water partition coefficient (Wildman–Crippen LogP) is 2.11. The molecule has 0 aliphatic heterocycles. The minimum atomic E-state index is 0.207. The maximum absolute atomic E-state index is 5.76. The summed E-state index contributed by atoms with van der Waals surface area (Å²) >= 11 is 1.50. The Kier molecular flexibility index (Phi) is 2.41. The van der Waals surface area contributed by atoms with Crippen molar-refractivity contribution >= 4 is 27.5 Å². The molecule has 18 heavy (non-hydrogen) atoms. The van der Waals surface area contributed by atoms with Gasteiger partial charge in [0.05, 0.1) is 11.1 Å². The van der Waals surface area contributed by atoms with E-state index in [-0.39, 0.29) is 5.95 Å². The van der Waals surface area contributed by atoms with E-state index in [2.05, 4.69) is 15.1 Å². The predicted molar refractivity (Wildman–Crippen MR) is 69.8 cm³/mol. The molecule has 0 aromatic carbocycles. The molecule has 2 N–H and O–H groups in total. The van der Waals surface area contributed by atoms with Crippen molar-refractivity contribution in [3.8, 4) is 11.8 Å². The number of rotatable bonds is 2. The first-order chi connectivity index (χ1) is 8.63. The van der Waals surface area contributed by atoms with Crippen molar-refractivity contribution in [2.24, 2.45) is 7.05 Å². The SMILES string of the molecule is Cc1cc(Oc2nc(N)nc3sccc23)n(C)n1. The first kappa shape index (κ1) is 11.0. The van der Waals surface area contributed by atoms with Crippen LogP contribution in [0.15, 0.2) is 17.5 Å². The summed E-state index contributed by atoms with van der Waals surface area (Å²) in [6, 6.07) is 3.76. The van der Waals surface area contributed by atoms with Gasteiger partial charge in [0.15, 0.2) is 0 Å². The maximum Gasteiger partial charge on any atom is 0.234 e. The Labute approximate surface area is 107 Å². The van der Waals surface area contributed by atoms with E-state index in [0.29, 0.717) is 11.8 Å². The van der Waals surface area contributed by atoms with E-state index in [9.17, 15) is 0 Å². The third-order valence-electron chi connectivity index (χ3n) is 2.47. The zero-order valence-corrected chi connectivity index (χ0v) is 10.7. The van der Waals surface area contributed by atoms with Crippen LogP contribution < -0.4 is 10.5 Å². The largest absolute Gasteiger partial charge is 0.420 e. The van der Waals surface area contributed by atoms with Gasteiger partial charge in [-0.05, 0) is 18.4 Å². The molecule has 3 heterocycles. The summed E-state index contributed by atoms with van der Waals surface area (Å²) in [7, 11) is 1.82. The number of ether oxygens (including phenoxy) is 1. The van der Waals surface area contributed by atoms with E-state index in [1.807, 2.05) is 31.5 Å². The van der Waals surface area contributed by atoms with Crippen molar-refractivity contribution in [2.45, 2.75) is 6.92 Å². The van der Waals surface area contributed by atoms with Crippen LogP contribution in [0.25, 0.3) is 10.2 Å². The second kappa shape index (κ2) is 3.95. The van der Waals surface area contributed by atoms with Crippen LogP contribution in [0.1, 0.15) is 5.69 Å². The van der Waals surface area contributed by atoms with Crippen LogP contribution in [0.5, 0.6) is 11.8 Å². The smallest absolute Gasteiger partial charge is 0.234 e. The molecule has 0 amide bonds. The summed E-state index contributed by atoms with van der Waals surface area (Å²) in [5.41, 5.74) is 6.55. The molecule has 0 spiro atoms. The van der Waals surface area contributed by atoms with Gasteiger partial charge < -0.3 is 10.5 Å². The van der Waals surface area contributed by atoms with Crippen LogP contribution in [0.3, 0.4) is 0 Å². The monoisotopic (exact) mass is 261 g/mol. The topological polar surface area (TPSA) is 78.9 Å². The van der Waals surface area contributed by atoms with Gasteiger partial charge >= 0.3 is 0 Å². The number of nitrogens with zero attached hydrogens (tertiary/aromatic N) is 4. The number of nitrogens with two attached hydrogens (primary N) is 1. The Hall–Kier alpha value is -2.15. The van der Waals surface area contributed by atoms with Gasteiger partial charge in [-0.15, -0.1) is 11.3 Å². The van der Waals surface area contributed by atoms with Crippen LogP contribution in [0, 0.1) is 6.92 Å². The highest BCUT2D eigenvalue weighted by atomic mass is 32.1. The van der Waals surface area contributed by atoms with E-state index < -0.39 is 0 Å². The van der Waals surface area contributed by atoms with Gasteiger partial charge in [0.1, 0.15) is 4.83 Å². The molecule has 0 aliphatic rings. The fourth-order valence-electron chi connectivity index (χ4n) is 1.70. The van der Waals surface area contributed by atoms with Crippen LogP contribution in [0.2, 0.25) is 0 Å². The minimum Gasteiger partial charge on any atom is -0.420 e. The third-order valence-corrected chi connectivity index (χ3v) is 3.27. The minimum absolute atomic E-state index is 0.207. The molecule has 0 radical (unpaired) electrons. The number of aromatic nitrogens is 4. The van der Waals surface area contributed by atoms with Crippen molar-refractivity contribution in [1.29, 1.82) is 0 Å². The lowest BCUT2D eigenvalue weighted by atomic mass is 10.4. The Morgan fingerprint density at radius 2 is 2.22 bits per heavy atom. The zero-order chi connectivity index (χ0) is 12.7.